The van der Waals surface area contributed by atoms with Crippen molar-refractivity contribution in [1.29, 1.82) is 0 Å². The van der Waals surface area contributed by atoms with Crippen LogP contribution in [0.3, 0.4) is 0 Å². The van der Waals surface area contributed by atoms with Crippen LogP contribution in [0.1, 0.15) is 23.6 Å². The van der Waals surface area contributed by atoms with Gasteiger partial charge in [0.15, 0.2) is 0 Å². The van der Waals surface area contributed by atoms with Gasteiger partial charge in [0.05, 0.1) is 5.69 Å². The van der Waals surface area contributed by atoms with Gasteiger partial charge in [-0.3, -0.25) is 9.59 Å². The van der Waals surface area contributed by atoms with Crippen LogP contribution in [0.5, 0.6) is 5.75 Å². The van der Waals surface area contributed by atoms with E-state index >= 15 is 0 Å². The number of ether oxygens (including phenoxy) is 1. The highest BCUT2D eigenvalue weighted by atomic mass is 16.5. The average Bonchev–Trinajstić information content (AvgIpc) is 2.89. The highest BCUT2D eigenvalue weighted by molar-refractivity contribution is 5.75. The molecule has 0 saturated carbocycles. The first-order valence-corrected chi connectivity index (χ1v) is 11.3. The summed E-state index contributed by atoms with van der Waals surface area (Å²) in [5.74, 6) is 0.482. The number of nitrogens with one attached hydrogen (secondary N) is 1. The minimum atomic E-state index is -0.316. The van der Waals surface area contributed by atoms with Crippen molar-refractivity contribution in [2.75, 3.05) is 0 Å². The SMILES string of the molecule is CCc1ccc(-c2ccc(=O)n(CC(=O)NCc3ccc(OCc4ccccc4)cc3)n2)cc1. The van der Waals surface area contributed by atoms with Crippen LogP contribution in [0, 0.1) is 0 Å². The molecule has 4 rings (SSSR count). The first kappa shape index (κ1) is 23.0. The van der Waals surface area contributed by atoms with Gasteiger partial charge in [0.25, 0.3) is 5.56 Å². The molecule has 1 amide bonds. The molecule has 172 valence electrons. The molecule has 0 bridgehead atoms. The predicted octanol–water partition coefficient (Wildman–Crippen LogP) is 4.37. The van der Waals surface area contributed by atoms with Gasteiger partial charge < -0.3 is 10.1 Å². The van der Waals surface area contributed by atoms with E-state index in [0.717, 1.165) is 28.9 Å². The standard InChI is InChI=1S/C28H27N3O3/c1-2-21-8-12-24(13-9-21)26-16-17-28(33)31(30-26)19-27(32)29-18-22-10-14-25(15-11-22)34-20-23-6-4-3-5-7-23/h3-17H,2,18-20H2,1H3,(H,29,32). The summed E-state index contributed by atoms with van der Waals surface area (Å²) in [6.07, 6.45) is 0.955. The van der Waals surface area contributed by atoms with E-state index in [1.165, 1.54) is 16.3 Å². The Morgan fingerprint density at radius 3 is 2.26 bits per heavy atom. The topological polar surface area (TPSA) is 73.2 Å². The maximum Gasteiger partial charge on any atom is 0.267 e. The second-order valence-electron chi connectivity index (χ2n) is 7.96. The molecule has 1 aromatic heterocycles. The zero-order valence-electron chi connectivity index (χ0n) is 19.1. The van der Waals surface area contributed by atoms with Crippen LogP contribution < -0.4 is 15.6 Å². The van der Waals surface area contributed by atoms with Crippen molar-refractivity contribution in [3.8, 4) is 17.0 Å². The van der Waals surface area contributed by atoms with Crippen molar-refractivity contribution < 1.29 is 9.53 Å². The van der Waals surface area contributed by atoms with Crippen molar-refractivity contribution in [3.05, 3.63) is 118 Å². The summed E-state index contributed by atoms with van der Waals surface area (Å²) in [7, 11) is 0. The first-order valence-electron chi connectivity index (χ1n) is 11.3. The number of hydrogen-bond acceptors (Lipinski definition) is 4. The molecule has 0 atom stereocenters. The van der Waals surface area contributed by atoms with Gasteiger partial charge in [0, 0.05) is 18.2 Å². The molecule has 34 heavy (non-hydrogen) atoms. The maximum atomic E-state index is 12.5. The monoisotopic (exact) mass is 453 g/mol. The molecule has 0 aliphatic rings. The van der Waals surface area contributed by atoms with Crippen LogP contribution in [0.25, 0.3) is 11.3 Å². The number of hydrogen-bond donors (Lipinski definition) is 1. The molecule has 4 aromatic rings. The molecular formula is C28H27N3O3. The zero-order valence-corrected chi connectivity index (χ0v) is 19.1. The molecule has 6 heteroatoms. The molecular weight excluding hydrogens is 426 g/mol. The van der Waals surface area contributed by atoms with Crippen LogP contribution in [0.15, 0.2) is 95.8 Å². The van der Waals surface area contributed by atoms with E-state index in [2.05, 4.69) is 17.3 Å². The zero-order chi connectivity index (χ0) is 23.8. The number of nitrogens with zero attached hydrogens (tertiary/aromatic N) is 2. The van der Waals surface area contributed by atoms with Crippen molar-refractivity contribution in [1.82, 2.24) is 15.1 Å². The number of rotatable bonds is 9. The second kappa shape index (κ2) is 11.1. The molecule has 3 aromatic carbocycles. The Kier molecular flexibility index (Phi) is 7.50. The predicted molar refractivity (Wildman–Crippen MR) is 132 cm³/mol. The Labute approximate surface area is 198 Å². The third-order valence-electron chi connectivity index (χ3n) is 5.48. The van der Waals surface area contributed by atoms with Crippen molar-refractivity contribution in [2.24, 2.45) is 0 Å². The van der Waals surface area contributed by atoms with Crippen LogP contribution in [0.2, 0.25) is 0 Å². The van der Waals surface area contributed by atoms with E-state index < -0.39 is 0 Å². The average molecular weight is 454 g/mol. The Balaban J connectivity index is 1.31. The fourth-order valence-electron chi connectivity index (χ4n) is 3.46. The highest BCUT2D eigenvalue weighted by Crippen LogP contribution is 2.17. The van der Waals surface area contributed by atoms with Crippen LogP contribution in [0.4, 0.5) is 0 Å². The third-order valence-corrected chi connectivity index (χ3v) is 5.48. The van der Waals surface area contributed by atoms with Crippen molar-refractivity contribution in [3.63, 3.8) is 0 Å². The molecule has 1 heterocycles. The summed E-state index contributed by atoms with van der Waals surface area (Å²) in [4.78, 5) is 24.7. The maximum absolute atomic E-state index is 12.5. The lowest BCUT2D eigenvalue weighted by Gasteiger charge is -2.10. The second-order valence-corrected chi connectivity index (χ2v) is 7.96. The number of carbonyl (C=O) groups excluding carboxylic acids is 1. The van der Waals surface area contributed by atoms with Crippen LogP contribution in [-0.4, -0.2) is 15.7 Å². The minimum absolute atomic E-state index is 0.141. The summed E-state index contributed by atoms with van der Waals surface area (Å²) in [6.45, 7) is 2.81. The lowest BCUT2D eigenvalue weighted by Crippen LogP contribution is -2.33. The van der Waals surface area contributed by atoms with Gasteiger partial charge in [-0.1, -0.05) is 73.7 Å². The molecule has 0 aliphatic heterocycles. The lowest BCUT2D eigenvalue weighted by molar-refractivity contribution is -0.122. The van der Waals surface area contributed by atoms with Crippen LogP contribution >= 0.6 is 0 Å². The fourth-order valence-corrected chi connectivity index (χ4v) is 3.46. The first-order chi connectivity index (χ1) is 16.6. The molecule has 1 N–H and O–H groups in total. The summed E-state index contributed by atoms with van der Waals surface area (Å²) in [5.41, 5.74) is 4.51. The molecule has 0 aliphatic carbocycles. The number of aryl methyl sites for hydroxylation is 1. The molecule has 0 fully saturated rings. The molecule has 0 saturated heterocycles. The summed E-state index contributed by atoms with van der Waals surface area (Å²) >= 11 is 0. The summed E-state index contributed by atoms with van der Waals surface area (Å²) in [5, 5.41) is 7.22. The Morgan fingerprint density at radius 2 is 1.56 bits per heavy atom. The molecule has 0 radical (unpaired) electrons. The van der Waals surface area contributed by atoms with Gasteiger partial charge >= 0.3 is 0 Å². The van der Waals surface area contributed by atoms with E-state index in [1.807, 2.05) is 78.9 Å². The minimum Gasteiger partial charge on any atom is -0.489 e. The van der Waals surface area contributed by atoms with Gasteiger partial charge in [-0.05, 0) is 41.3 Å². The highest BCUT2D eigenvalue weighted by Gasteiger charge is 2.08. The van der Waals surface area contributed by atoms with Crippen LogP contribution in [-0.2, 0) is 30.9 Å². The third kappa shape index (κ3) is 6.19. The quantitative estimate of drug-likeness (QED) is 0.409. The number of benzene rings is 3. The van der Waals surface area contributed by atoms with E-state index in [0.29, 0.717) is 18.8 Å². The summed E-state index contributed by atoms with van der Waals surface area (Å²) in [6, 6.07) is 28.7. The fraction of sp³-hybridized carbons (Fsp3) is 0.179. The van der Waals surface area contributed by atoms with Crippen molar-refractivity contribution >= 4 is 5.91 Å². The number of amides is 1. The Hall–Kier alpha value is -4.19. The Bertz CT molecular complexity index is 1280. The molecule has 0 spiro atoms. The summed E-state index contributed by atoms with van der Waals surface area (Å²) < 4.78 is 6.99. The molecule has 6 nitrogen and oxygen atoms in total. The van der Waals surface area contributed by atoms with Gasteiger partial charge in [0.1, 0.15) is 18.9 Å². The van der Waals surface area contributed by atoms with Crippen molar-refractivity contribution in [2.45, 2.75) is 33.0 Å². The molecule has 0 unspecified atom stereocenters. The normalized spacial score (nSPS) is 10.6. The number of aromatic nitrogens is 2. The Morgan fingerprint density at radius 1 is 0.853 bits per heavy atom. The van der Waals surface area contributed by atoms with Gasteiger partial charge in [0.2, 0.25) is 5.91 Å². The largest absolute Gasteiger partial charge is 0.489 e. The van der Waals surface area contributed by atoms with Gasteiger partial charge in [-0.2, -0.15) is 5.10 Å². The van der Waals surface area contributed by atoms with E-state index in [-0.39, 0.29) is 18.0 Å². The van der Waals surface area contributed by atoms with Gasteiger partial charge in [-0.25, -0.2) is 4.68 Å². The van der Waals surface area contributed by atoms with Gasteiger partial charge in [-0.15, -0.1) is 0 Å². The number of carbonyl (C=O) groups is 1. The van der Waals surface area contributed by atoms with E-state index in [1.54, 1.807) is 6.07 Å². The van der Waals surface area contributed by atoms with E-state index in [9.17, 15) is 9.59 Å². The van der Waals surface area contributed by atoms with E-state index in [4.69, 9.17) is 4.74 Å². The lowest BCUT2D eigenvalue weighted by atomic mass is 10.1. The smallest absolute Gasteiger partial charge is 0.267 e.